The Balaban J connectivity index is 1.55. The lowest BCUT2D eigenvalue weighted by atomic mass is 10.1. The van der Waals surface area contributed by atoms with Crippen LogP contribution < -0.4 is 5.32 Å². The molecule has 6 nitrogen and oxygen atoms in total. The number of fused-ring (bicyclic) bond motifs is 1. The number of para-hydroxylation sites is 2. The first kappa shape index (κ1) is 24.5. The largest absolute Gasteiger partial charge is 0.352 e. The molecule has 6 heteroatoms. The average Bonchev–Trinajstić information content (AvgIpc) is 3.18. The van der Waals surface area contributed by atoms with E-state index in [1.807, 2.05) is 59.5 Å². The SMILES string of the molecule is CCCN(CCC)C(=O)Cn1c(CCCCCNC(=O)c2ccccc2)nc2ccccc21. The van der Waals surface area contributed by atoms with E-state index in [-0.39, 0.29) is 11.8 Å². The Morgan fingerprint density at radius 1 is 0.909 bits per heavy atom. The summed E-state index contributed by atoms with van der Waals surface area (Å²) in [6.45, 7) is 6.80. The number of nitrogens with zero attached hydrogens (tertiary/aromatic N) is 3. The molecule has 2 aromatic carbocycles. The second-order valence-electron chi connectivity index (χ2n) is 8.42. The fourth-order valence-corrected chi connectivity index (χ4v) is 4.11. The number of nitrogens with one attached hydrogen (secondary N) is 1. The molecule has 0 aliphatic heterocycles. The van der Waals surface area contributed by atoms with Gasteiger partial charge in [-0.3, -0.25) is 9.59 Å². The van der Waals surface area contributed by atoms with Gasteiger partial charge in [0.05, 0.1) is 11.0 Å². The van der Waals surface area contributed by atoms with Gasteiger partial charge in [0.1, 0.15) is 12.4 Å². The maximum absolute atomic E-state index is 13.0. The zero-order valence-corrected chi connectivity index (χ0v) is 19.9. The molecule has 3 aromatic rings. The number of carbonyl (C=O) groups excluding carboxylic acids is 2. The van der Waals surface area contributed by atoms with Crippen LogP contribution in [0.25, 0.3) is 11.0 Å². The summed E-state index contributed by atoms with van der Waals surface area (Å²) in [4.78, 5) is 31.9. The Kier molecular flexibility index (Phi) is 9.48. The van der Waals surface area contributed by atoms with Crippen molar-refractivity contribution in [3.63, 3.8) is 0 Å². The summed E-state index contributed by atoms with van der Waals surface area (Å²) < 4.78 is 2.09. The van der Waals surface area contributed by atoms with E-state index in [2.05, 4.69) is 23.7 Å². The minimum absolute atomic E-state index is 0.0281. The zero-order valence-electron chi connectivity index (χ0n) is 19.9. The van der Waals surface area contributed by atoms with Crippen molar-refractivity contribution in [1.82, 2.24) is 19.8 Å². The van der Waals surface area contributed by atoms with Gasteiger partial charge in [-0.2, -0.15) is 0 Å². The van der Waals surface area contributed by atoms with Gasteiger partial charge in [-0.1, -0.05) is 50.6 Å². The predicted molar refractivity (Wildman–Crippen MR) is 133 cm³/mol. The minimum atomic E-state index is -0.0281. The number of imidazole rings is 1. The van der Waals surface area contributed by atoms with Crippen molar-refractivity contribution < 1.29 is 9.59 Å². The minimum Gasteiger partial charge on any atom is -0.352 e. The predicted octanol–water partition coefficient (Wildman–Crippen LogP) is 4.83. The van der Waals surface area contributed by atoms with Gasteiger partial charge in [0, 0.05) is 31.6 Å². The van der Waals surface area contributed by atoms with Gasteiger partial charge in [-0.25, -0.2) is 4.98 Å². The van der Waals surface area contributed by atoms with Crippen LogP contribution in [-0.2, 0) is 17.8 Å². The molecule has 0 spiro atoms. The standard InChI is InChI=1S/C27H36N4O2/c1-3-19-30(20-4-2)26(32)21-31-24-16-11-10-15-23(24)29-25(31)17-9-6-12-18-28-27(33)22-13-7-5-8-14-22/h5,7-8,10-11,13-16H,3-4,6,9,12,17-21H2,1-2H3,(H,28,33). The number of amides is 2. The topological polar surface area (TPSA) is 67.2 Å². The maximum Gasteiger partial charge on any atom is 0.251 e. The maximum atomic E-state index is 13.0. The lowest BCUT2D eigenvalue weighted by Gasteiger charge is -2.22. The van der Waals surface area contributed by atoms with Crippen molar-refractivity contribution in [3.8, 4) is 0 Å². The van der Waals surface area contributed by atoms with Gasteiger partial charge < -0.3 is 14.8 Å². The second-order valence-corrected chi connectivity index (χ2v) is 8.42. The highest BCUT2D eigenvalue weighted by molar-refractivity contribution is 5.94. The zero-order chi connectivity index (χ0) is 23.5. The monoisotopic (exact) mass is 448 g/mol. The number of aromatic nitrogens is 2. The molecule has 0 saturated carbocycles. The van der Waals surface area contributed by atoms with E-state index in [0.717, 1.165) is 68.5 Å². The van der Waals surface area contributed by atoms with Crippen molar-refractivity contribution in [1.29, 1.82) is 0 Å². The van der Waals surface area contributed by atoms with Gasteiger partial charge in [-0.15, -0.1) is 0 Å². The Morgan fingerprint density at radius 3 is 2.33 bits per heavy atom. The van der Waals surface area contributed by atoms with Crippen molar-refractivity contribution in [2.24, 2.45) is 0 Å². The molecule has 0 unspecified atom stereocenters. The van der Waals surface area contributed by atoms with Crippen LogP contribution in [0.3, 0.4) is 0 Å². The molecule has 0 aliphatic carbocycles. The van der Waals surface area contributed by atoms with Crippen LogP contribution in [0.4, 0.5) is 0 Å². The Morgan fingerprint density at radius 2 is 1.61 bits per heavy atom. The number of unbranched alkanes of at least 4 members (excludes halogenated alkanes) is 2. The summed E-state index contributed by atoms with van der Waals surface area (Å²) >= 11 is 0. The first-order valence-electron chi connectivity index (χ1n) is 12.2. The molecule has 2 amide bonds. The Labute approximate surface area is 197 Å². The van der Waals surface area contributed by atoms with Crippen molar-refractivity contribution >= 4 is 22.8 Å². The van der Waals surface area contributed by atoms with Crippen LogP contribution in [-0.4, -0.2) is 45.9 Å². The van der Waals surface area contributed by atoms with Crippen LogP contribution in [0, 0.1) is 0 Å². The van der Waals surface area contributed by atoms with Crippen LogP contribution >= 0.6 is 0 Å². The molecule has 1 heterocycles. The summed E-state index contributed by atoms with van der Waals surface area (Å²) in [6, 6.07) is 17.3. The fraction of sp³-hybridized carbons (Fsp3) is 0.444. The van der Waals surface area contributed by atoms with Gasteiger partial charge >= 0.3 is 0 Å². The highest BCUT2D eigenvalue weighted by Crippen LogP contribution is 2.18. The molecule has 0 atom stereocenters. The summed E-state index contributed by atoms with van der Waals surface area (Å²) in [5.41, 5.74) is 2.65. The van der Waals surface area contributed by atoms with E-state index in [1.54, 1.807) is 0 Å². The molecule has 0 bridgehead atoms. The number of carbonyl (C=O) groups is 2. The number of hydrogen-bond donors (Lipinski definition) is 1. The molecule has 33 heavy (non-hydrogen) atoms. The van der Waals surface area contributed by atoms with E-state index in [1.165, 1.54) is 0 Å². The quantitative estimate of drug-likeness (QED) is 0.381. The van der Waals surface area contributed by atoms with Crippen LogP contribution in [0.5, 0.6) is 0 Å². The van der Waals surface area contributed by atoms with E-state index in [4.69, 9.17) is 4.98 Å². The van der Waals surface area contributed by atoms with E-state index >= 15 is 0 Å². The van der Waals surface area contributed by atoms with E-state index in [9.17, 15) is 9.59 Å². The molecule has 1 aromatic heterocycles. The third kappa shape index (κ3) is 6.91. The summed E-state index contributed by atoms with van der Waals surface area (Å²) in [7, 11) is 0. The highest BCUT2D eigenvalue weighted by Gasteiger charge is 2.17. The van der Waals surface area contributed by atoms with Crippen molar-refractivity contribution in [2.75, 3.05) is 19.6 Å². The summed E-state index contributed by atoms with van der Waals surface area (Å²) in [6.07, 6.45) is 5.61. The molecule has 0 radical (unpaired) electrons. The fourth-order valence-electron chi connectivity index (χ4n) is 4.11. The first-order valence-corrected chi connectivity index (χ1v) is 12.2. The molecule has 0 saturated heterocycles. The van der Waals surface area contributed by atoms with Gasteiger partial charge in [-0.05, 0) is 49.9 Å². The third-order valence-electron chi connectivity index (χ3n) is 5.77. The highest BCUT2D eigenvalue weighted by atomic mass is 16.2. The molecule has 0 aliphatic rings. The number of hydrogen-bond acceptors (Lipinski definition) is 3. The molecule has 1 N–H and O–H groups in total. The van der Waals surface area contributed by atoms with E-state index < -0.39 is 0 Å². The molecule has 0 fully saturated rings. The first-order chi connectivity index (χ1) is 16.1. The molecule has 176 valence electrons. The van der Waals surface area contributed by atoms with E-state index in [0.29, 0.717) is 18.7 Å². The smallest absolute Gasteiger partial charge is 0.251 e. The second kappa shape index (κ2) is 12.8. The summed E-state index contributed by atoms with van der Waals surface area (Å²) in [5, 5.41) is 2.98. The number of benzene rings is 2. The van der Waals surface area contributed by atoms with Gasteiger partial charge in [0.2, 0.25) is 5.91 Å². The number of rotatable bonds is 13. The molecule has 3 rings (SSSR count). The Bertz CT molecular complexity index is 1020. The van der Waals surface area contributed by atoms with Gasteiger partial charge in [0.25, 0.3) is 5.91 Å². The lowest BCUT2D eigenvalue weighted by Crippen LogP contribution is -2.35. The normalized spacial score (nSPS) is 11.0. The lowest BCUT2D eigenvalue weighted by molar-refractivity contribution is -0.131. The van der Waals surface area contributed by atoms with Crippen LogP contribution in [0.2, 0.25) is 0 Å². The molecular weight excluding hydrogens is 412 g/mol. The summed E-state index contributed by atoms with van der Waals surface area (Å²) in [5.74, 6) is 1.09. The van der Waals surface area contributed by atoms with Crippen molar-refractivity contribution in [3.05, 3.63) is 66.0 Å². The average molecular weight is 449 g/mol. The van der Waals surface area contributed by atoms with Crippen LogP contribution in [0.1, 0.15) is 62.1 Å². The molecular formula is C27H36N4O2. The van der Waals surface area contributed by atoms with Crippen molar-refractivity contribution in [2.45, 2.75) is 58.9 Å². The third-order valence-corrected chi connectivity index (χ3v) is 5.77. The number of aryl methyl sites for hydroxylation is 1. The van der Waals surface area contributed by atoms with Gasteiger partial charge in [0.15, 0.2) is 0 Å². The Hall–Kier alpha value is -3.15. The van der Waals surface area contributed by atoms with Crippen LogP contribution in [0.15, 0.2) is 54.6 Å².